The van der Waals surface area contributed by atoms with Crippen molar-refractivity contribution < 1.29 is 9.13 Å². The summed E-state index contributed by atoms with van der Waals surface area (Å²) in [6.45, 7) is 1.74. The fraction of sp³-hybridized carbons (Fsp3) is 0.143. The Bertz CT molecular complexity index is 557. The summed E-state index contributed by atoms with van der Waals surface area (Å²) in [5.74, 6) is 0.800. The van der Waals surface area contributed by atoms with Crippen LogP contribution in [-0.2, 0) is 0 Å². The van der Waals surface area contributed by atoms with E-state index < -0.39 is 6.04 Å². The van der Waals surface area contributed by atoms with Gasteiger partial charge in [-0.3, -0.25) is 0 Å². The summed E-state index contributed by atoms with van der Waals surface area (Å²) in [6, 6.07) is 11.9. The predicted octanol–water partition coefficient (Wildman–Crippen LogP) is 4.24. The van der Waals surface area contributed by atoms with E-state index in [9.17, 15) is 4.39 Å². The van der Waals surface area contributed by atoms with Crippen LogP contribution >= 0.6 is 22.6 Å². The first kappa shape index (κ1) is 13.3. The first-order valence-corrected chi connectivity index (χ1v) is 6.63. The van der Waals surface area contributed by atoms with E-state index in [0.29, 0.717) is 17.1 Å². The molecular weight excluding hydrogens is 344 g/mol. The summed E-state index contributed by atoms with van der Waals surface area (Å²) in [4.78, 5) is 0. The highest BCUT2D eigenvalue weighted by Crippen LogP contribution is 2.31. The Balaban J connectivity index is 2.37. The number of nitrogens with two attached hydrogens (primary N) is 1. The molecule has 2 aromatic carbocycles. The third kappa shape index (κ3) is 3.00. The van der Waals surface area contributed by atoms with Crippen LogP contribution in [0.4, 0.5) is 4.39 Å². The minimum absolute atomic E-state index is 0.340. The van der Waals surface area contributed by atoms with Gasteiger partial charge in [-0.15, -0.1) is 0 Å². The van der Waals surface area contributed by atoms with Gasteiger partial charge in [0.2, 0.25) is 0 Å². The second-order valence-electron chi connectivity index (χ2n) is 4.00. The second kappa shape index (κ2) is 5.67. The molecule has 1 unspecified atom stereocenters. The number of rotatable bonds is 3. The average molecular weight is 357 g/mol. The summed E-state index contributed by atoms with van der Waals surface area (Å²) in [5.41, 5.74) is 6.18. The zero-order chi connectivity index (χ0) is 13.1. The summed E-state index contributed by atoms with van der Waals surface area (Å²) >= 11 is 2.20. The van der Waals surface area contributed by atoms with Crippen LogP contribution in [0.25, 0.3) is 0 Å². The lowest BCUT2D eigenvalue weighted by atomic mass is 10.1. The Labute approximate surface area is 119 Å². The van der Waals surface area contributed by atoms with E-state index in [2.05, 4.69) is 22.6 Å². The molecule has 0 aliphatic carbocycles. The SMILES string of the molecule is CC(N)c1c(F)cccc1Oc1cccc(I)c1. The van der Waals surface area contributed by atoms with Crippen LogP contribution in [-0.4, -0.2) is 0 Å². The highest BCUT2D eigenvalue weighted by molar-refractivity contribution is 14.1. The van der Waals surface area contributed by atoms with Crippen LogP contribution in [0.3, 0.4) is 0 Å². The van der Waals surface area contributed by atoms with Crippen LogP contribution in [0.2, 0.25) is 0 Å². The fourth-order valence-corrected chi connectivity index (χ4v) is 2.22. The highest BCUT2D eigenvalue weighted by Gasteiger charge is 2.14. The molecule has 4 heteroatoms. The molecule has 0 aliphatic rings. The topological polar surface area (TPSA) is 35.2 Å². The van der Waals surface area contributed by atoms with Gasteiger partial charge >= 0.3 is 0 Å². The molecule has 0 saturated carbocycles. The maximum absolute atomic E-state index is 13.7. The number of hydrogen-bond acceptors (Lipinski definition) is 2. The molecule has 0 bridgehead atoms. The van der Waals surface area contributed by atoms with Crippen molar-refractivity contribution in [3.63, 3.8) is 0 Å². The van der Waals surface area contributed by atoms with Crippen molar-refractivity contribution in [3.8, 4) is 11.5 Å². The standard InChI is InChI=1S/C14H13FINO/c1-9(17)14-12(15)6-3-7-13(14)18-11-5-2-4-10(16)8-11/h2-9H,17H2,1H3. The molecule has 2 N–H and O–H groups in total. The lowest BCUT2D eigenvalue weighted by Crippen LogP contribution is -2.09. The van der Waals surface area contributed by atoms with Crippen molar-refractivity contribution in [1.29, 1.82) is 0 Å². The van der Waals surface area contributed by atoms with Gasteiger partial charge in [-0.1, -0.05) is 12.1 Å². The molecule has 0 radical (unpaired) electrons. The van der Waals surface area contributed by atoms with Gasteiger partial charge in [-0.25, -0.2) is 4.39 Å². The zero-order valence-electron chi connectivity index (χ0n) is 9.86. The van der Waals surface area contributed by atoms with Gasteiger partial charge in [-0.05, 0) is 59.8 Å². The number of halogens is 2. The molecule has 0 heterocycles. The van der Waals surface area contributed by atoms with E-state index >= 15 is 0 Å². The van der Waals surface area contributed by atoms with Gasteiger partial charge in [-0.2, -0.15) is 0 Å². The Hall–Kier alpha value is -1.14. The van der Waals surface area contributed by atoms with Crippen molar-refractivity contribution >= 4 is 22.6 Å². The van der Waals surface area contributed by atoms with Crippen LogP contribution < -0.4 is 10.5 Å². The minimum Gasteiger partial charge on any atom is -0.457 e. The molecule has 0 aromatic heterocycles. The Morgan fingerprint density at radius 1 is 1.22 bits per heavy atom. The average Bonchev–Trinajstić information content (AvgIpc) is 2.28. The molecular formula is C14H13FINO. The minimum atomic E-state index is -0.413. The highest BCUT2D eigenvalue weighted by atomic mass is 127. The maximum atomic E-state index is 13.7. The molecule has 0 spiro atoms. The van der Waals surface area contributed by atoms with Crippen LogP contribution in [0, 0.1) is 9.39 Å². The molecule has 0 aliphatic heterocycles. The summed E-state index contributed by atoms with van der Waals surface area (Å²) in [7, 11) is 0. The molecule has 94 valence electrons. The van der Waals surface area contributed by atoms with Gasteiger partial charge in [0.15, 0.2) is 0 Å². The van der Waals surface area contributed by atoms with E-state index in [0.717, 1.165) is 3.57 Å². The molecule has 2 nitrogen and oxygen atoms in total. The third-order valence-corrected chi connectivity index (χ3v) is 3.16. The van der Waals surface area contributed by atoms with E-state index in [1.54, 1.807) is 19.1 Å². The lowest BCUT2D eigenvalue weighted by Gasteiger charge is -2.14. The van der Waals surface area contributed by atoms with Gasteiger partial charge in [0.25, 0.3) is 0 Å². The quantitative estimate of drug-likeness (QED) is 0.834. The molecule has 0 saturated heterocycles. The summed E-state index contributed by atoms with van der Waals surface area (Å²) < 4.78 is 20.5. The number of ether oxygens (including phenoxy) is 1. The van der Waals surface area contributed by atoms with Gasteiger partial charge in [0.1, 0.15) is 17.3 Å². The van der Waals surface area contributed by atoms with E-state index in [-0.39, 0.29) is 5.82 Å². The van der Waals surface area contributed by atoms with Crippen LogP contribution in [0.1, 0.15) is 18.5 Å². The first-order valence-electron chi connectivity index (χ1n) is 5.55. The fourth-order valence-electron chi connectivity index (χ4n) is 1.71. The molecule has 18 heavy (non-hydrogen) atoms. The van der Waals surface area contributed by atoms with Gasteiger partial charge in [0.05, 0.1) is 0 Å². The van der Waals surface area contributed by atoms with Crippen molar-refractivity contribution in [1.82, 2.24) is 0 Å². The van der Waals surface area contributed by atoms with E-state index in [1.165, 1.54) is 6.07 Å². The predicted molar refractivity (Wildman–Crippen MR) is 78.2 cm³/mol. The van der Waals surface area contributed by atoms with E-state index in [1.807, 2.05) is 24.3 Å². The monoisotopic (exact) mass is 357 g/mol. The molecule has 2 rings (SSSR count). The van der Waals surface area contributed by atoms with Gasteiger partial charge < -0.3 is 10.5 Å². The lowest BCUT2D eigenvalue weighted by molar-refractivity contribution is 0.460. The van der Waals surface area contributed by atoms with Crippen molar-refractivity contribution in [2.45, 2.75) is 13.0 Å². The van der Waals surface area contributed by atoms with Crippen molar-refractivity contribution in [2.24, 2.45) is 5.73 Å². The first-order chi connectivity index (χ1) is 8.58. The van der Waals surface area contributed by atoms with Crippen molar-refractivity contribution in [2.75, 3.05) is 0 Å². The summed E-state index contributed by atoms with van der Waals surface area (Å²) in [5, 5.41) is 0. The summed E-state index contributed by atoms with van der Waals surface area (Å²) in [6.07, 6.45) is 0. The molecule has 0 amide bonds. The maximum Gasteiger partial charge on any atom is 0.135 e. The molecule has 0 fully saturated rings. The Kier molecular flexibility index (Phi) is 4.19. The van der Waals surface area contributed by atoms with Crippen LogP contribution in [0.5, 0.6) is 11.5 Å². The Morgan fingerprint density at radius 2 is 1.94 bits per heavy atom. The molecule has 2 aromatic rings. The normalized spacial score (nSPS) is 12.2. The smallest absolute Gasteiger partial charge is 0.135 e. The van der Waals surface area contributed by atoms with Crippen LogP contribution in [0.15, 0.2) is 42.5 Å². The van der Waals surface area contributed by atoms with E-state index in [4.69, 9.17) is 10.5 Å². The Morgan fingerprint density at radius 3 is 2.61 bits per heavy atom. The second-order valence-corrected chi connectivity index (χ2v) is 5.25. The largest absolute Gasteiger partial charge is 0.457 e. The van der Waals surface area contributed by atoms with Crippen molar-refractivity contribution in [3.05, 3.63) is 57.4 Å². The number of benzene rings is 2. The zero-order valence-corrected chi connectivity index (χ0v) is 12.0. The van der Waals surface area contributed by atoms with Gasteiger partial charge in [0, 0.05) is 15.2 Å². The molecule has 1 atom stereocenters. The third-order valence-electron chi connectivity index (χ3n) is 2.49. The number of hydrogen-bond donors (Lipinski definition) is 1.